The number of hydrogen-bond acceptors (Lipinski definition) is 3. The molecule has 3 heteroatoms. The van der Waals surface area contributed by atoms with Gasteiger partial charge in [-0.1, -0.05) is 109 Å². The van der Waals surface area contributed by atoms with Crippen molar-refractivity contribution >= 4 is 71.7 Å². The normalized spacial score (nSPS) is 11.7. The van der Waals surface area contributed by atoms with E-state index in [-0.39, 0.29) is 0 Å². The van der Waals surface area contributed by atoms with Crippen molar-refractivity contribution in [3.05, 3.63) is 176 Å². The Morgan fingerprint density at radius 1 is 0.327 bits per heavy atom. The van der Waals surface area contributed by atoms with Crippen LogP contribution in [0, 0.1) is 0 Å². The largest absolute Gasteiger partial charge is 0.456 e. The maximum atomic E-state index is 6.34. The summed E-state index contributed by atoms with van der Waals surface area (Å²) in [6.07, 6.45) is 0. The molecule has 10 rings (SSSR count). The molecule has 8 aromatic carbocycles. The molecule has 49 heavy (non-hydrogen) atoms. The molecule has 0 N–H and O–H groups in total. The Balaban J connectivity index is 1.11. The number of nitrogens with zero attached hydrogens (tertiary/aromatic N) is 1. The van der Waals surface area contributed by atoms with Gasteiger partial charge in [0.1, 0.15) is 22.3 Å². The molecule has 0 atom stereocenters. The van der Waals surface area contributed by atoms with E-state index in [0.29, 0.717) is 0 Å². The highest BCUT2D eigenvalue weighted by molar-refractivity contribution is 6.14. The van der Waals surface area contributed by atoms with Crippen LogP contribution in [-0.4, -0.2) is 0 Å². The second-order valence-electron chi connectivity index (χ2n) is 12.6. The lowest BCUT2D eigenvalue weighted by Crippen LogP contribution is -2.10. The second-order valence-corrected chi connectivity index (χ2v) is 12.6. The van der Waals surface area contributed by atoms with Gasteiger partial charge in [0.2, 0.25) is 0 Å². The van der Waals surface area contributed by atoms with Crippen LogP contribution in [-0.2, 0) is 0 Å². The van der Waals surface area contributed by atoms with E-state index in [2.05, 4.69) is 157 Å². The predicted octanol–water partition coefficient (Wildman–Crippen LogP) is 13.4. The highest BCUT2D eigenvalue weighted by atomic mass is 16.3. The third-order valence-electron chi connectivity index (χ3n) is 9.64. The zero-order valence-electron chi connectivity index (χ0n) is 26.5. The summed E-state index contributed by atoms with van der Waals surface area (Å²) in [7, 11) is 0. The van der Waals surface area contributed by atoms with E-state index < -0.39 is 0 Å². The number of para-hydroxylation sites is 2. The van der Waals surface area contributed by atoms with Gasteiger partial charge in [-0.15, -0.1) is 0 Å². The molecule has 230 valence electrons. The monoisotopic (exact) mass is 627 g/mol. The third-order valence-corrected chi connectivity index (χ3v) is 9.64. The average molecular weight is 628 g/mol. The van der Waals surface area contributed by atoms with Crippen LogP contribution in [0.4, 0.5) is 17.1 Å². The van der Waals surface area contributed by atoms with Crippen molar-refractivity contribution in [2.75, 3.05) is 4.90 Å². The number of hydrogen-bond donors (Lipinski definition) is 0. The molecule has 0 saturated carbocycles. The van der Waals surface area contributed by atoms with Gasteiger partial charge in [0.15, 0.2) is 0 Å². The zero-order chi connectivity index (χ0) is 32.3. The van der Waals surface area contributed by atoms with Crippen molar-refractivity contribution in [1.82, 2.24) is 0 Å². The quantitative estimate of drug-likeness (QED) is 0.190. The summed E-state index contributed by atoms with van der Waals surface area (Å²) in [5, 5.41) is 6.87. The van der Waals surface area contributed by atoms with E-state index in [4.69, 9.17) is 8.83 Å². The van der Waals surface area contributed by atoms with Crippen molar-refractivity contribution < 1.29 is 8.83 Å². The highest BCUT2D eigenvalue weighted by Gasteiger charge is 2.20. The van der Waals surface area contributed by atoms with Crippen molar-refractivity contribution in [1.29, 1.82) is 0 Å². The summed E-state index contributed by atoms with van der Waals surface area (Å²) in [5.74, 6) is 0. The lowest BCUT2D eigenvalue weighted by Gasteiger charge is -2.26. The molecule has 0 saturated heterocycles. The first kappa shape index (κ1) is 27.5. The number of benzene rings is 8. The van der Waals surface area contributed by atoms with Crippen molar-refractivity contribution in [2.24, 2.45) is 0 Å². The van der Waals surface area contributed by atoms with Crippen LogP contribution in [0.3, 0.4) is 0 Å². The Kier molecular flexibility index (Phi) is 6.18. The molecule has 0 spiro atoms. The number of fused-ring (bicyclic) bond motifs is 7. The summed E-state index contributed by atoms with van der Waals surface area (Å²) in [4.78, 5) is 2.33. The fraction of sp³-hybridized carbons (Fsp3) is 0. The number of rotatable bonds is 5. The van der Waals surface area contributed by atoms with Gasteiger partial charge in [-0.2, -0.15) is 0 Å². The molecule has 0 aliphatic rings. The van der Waals surface area contributed by atoms with Gasteiger partial charge in [-0.3, -0.25) is 0 Å². The molecule has 0 bridgehead atoms. The molecule has 3 nitrogen and oxygen atoms in total. The van der Waals surface area contributed by atoms with E-state index in [9.17, 15) is 0 Å². The summed E-state index contributed by atoms with van der Waals surface area (Å²) in [6, 6.07) is 62.2. The Hall–Kier alpha value is -6.58. The molecular weight excluding hydrogens is 599 g/mol. The fourth-order valence-electron chi connectivity index (χ4n) is 7.27. The standard InChI is InChI=1S/C46H29NO2/c1-2-10-32-28-35(20-19-30(32)9-1)34-12-7-11-33(27-34)31-21-23-36(24-22-31)47(37-25-26-44-40(29-37)38-13-3-5-16-42(38)48-44)41-15-8-18-45-46(41)39-14-4-6-17-43(39)49-45/h1-29H. The van der Waals surface area contributed by atoms with Crippen LogP contribution in [0.15, 0.2) is 185 Å². The van der Waals surface area contributed by atoms with Crippen LogP contribution >= 0.6 is 0 Å². The van der Waals surface area contributed by atoms with Crippen LogP contribution < -0.4 is 4.90 Å². The summed E-state index contributed by atoms with van der Waals surface area (Å²) in [6.45, 7) is 0. The molecule has 2 heterocycles. The zero-order valence-corrected chi connectivity index (χ0v) is 26.5. The highest BCUT2D eigenvalue weighted by Crippen LogP contribution is 2.44. The Morgan fingerprint density at radius 2 is 0.918 bits per heavy atom. The smallest absolute Gasteiger partial charge is 0.137 e. The van der Waals surface area contributed by atoms with E-state index in [1.165, 1.54) is 27.5 Å². The second kappa shape index (κ2) is 11.0. The third kappa shape index (κ3) is 4.59. The Labute approximate surface area is 282 Å². The van der Waals surface area contributed by atoms with Crippen LogP contribution in [0.1, 0.15) is 0 Å². The average Bonchev–Trinajstić information content (AvgIpc) is 3.74. The molecule has 0 aliphatic carbocycles. The predicted molar refractivity (Wildman–Crippen MR) is 204 cm³/mol. The van der Waals surface area contributed by atoms with Gasteiger partial charge in [0.05, 0.1) is 11.1 Å². The van der Waals surface area contributed by atoms with Crippen molar-refractivity contribution in [3.8, 4) is 22.3 Å². The molecule has 10 aromatic rings. The Morgan fingerprint density at radius 3 is 1.78 bits per heavy atom. The first-order valence-corrected chi connectivity index (χ1v) is 16.6. The van der Waals surface area contributed by atoms with Crippen LogP contribution in [0.2, 0.25) is 0 Å². The molecule has 0 fully saturated rings. The lowest BCUT2D eigenvalue weighted by molar-refractivity contribution is 0.668. The molecule has 0 radical (unpaired) electrons. The van der Waals surface area contributed by atoms with E-state index in [0.717, 1.165) is 66.5 Å². The lowest BCUT2D eigenvalue weighted by atomic mass is 9.97. The summed E-state index contributed by atoms with van der Waals surface area (Å²) < 4.78 is 12.5. The van der Waals surface area contributed by atoms with Crippen molar-refractivity contribution in [3.63, 3.8) is 0 Å². The van der Waals surface area contributed by atoms with Gasteiger partial charge in [0.25, 0.3) is 0 Å². The summed E-state index contributed by atoms with van der Waals surface area (Å²) >= 11 is 0. The molecule has 2 aromatic heterocycles. The van der Waals surface area contributed by atoms with Gasteiger partial charge in [-0.05, 0) is 99.8 Å². The first-order valence-electron chi connectivity index (χ1n) is 16.6. The maximum absolute atomic E-state index is 6.34. The molecule has 0 amide bonds. The van der Waals surface area contributed by atoms with Crippen LogP contribution in [0.5, 0.6) is 0 Å². The van der Waals surface area contributed by atoms with Gasteiger partial charge >= 0.3 is 0 Å². The fourth-order valence-corrected chi connectivity index (χ4v) is 7.27. The minimum atomic E-state index is 0.862. The number of anilines is 3. The molecule has 0 unspecified atom stereocenters. The maximum Gasteiger partial charge on any atom is 0.137 e. The minimum Gasteiger partial charge on any atom is -0.456 e. The topological polar surface area (TPSA) is 29.5 Å². The minimum absolute atomic E-state index is 0.862. The molecular formula is C46H29NO2. The van der Waals surface area contributed by atoms with Crippen molar-refractivity contribution in [2.45, 2.75) is 0 Å². The van der Waals surface area contributed by atoms with Crippen LogP contribution in [0.25, 0.3) is 76.9 Å². The van der Waals surface area contributed by atoms with E-state index in [1.54, 1.807) is 0 Å². The van der Waals surface area contributed by atoms with Gasteiger partial charge in [0, 0.05) is 27.5 Å². The van der Waals surface area contributed by atoms with E-state index in [1.807, 2.05) is 24.3 Å². The van der Waals surface area contributed by atoms with Gasteiger partial charge in [-0.25, -0.2) is 0 Å². The Bertz CT molecular complexity index is 2840. The first-order chi connectivity index (χ1) is 24.3. The van der Waals surface area contributed by atoms with Gasteiger partial charge < -0.3 is 13.7 Å². The SMILES string of the molecule is c1cc(-c2ccc(N(c3ccc4oc5ccccc5c4c3)c3cccc4oc5ccccc5c34)cc2)cc(-c2ccc3ccccc3c2)c1. The molecule has 0 aliphatic heterocycles. The van der Waals surface area contributed by atoms with E-state index >= 15 is 0 Å². The number of furan rings is 2. The summed E-state index contributed by atoms with van der Waals surface area (Å²) in [5.41, 5.74) is 11.4.